The zero-order valence-electron chi connectivity index (χ0n) is 42.8. The number of rotatable bonds is 9. The predicted molar refractivity (Wildman–Crippen MR) is 288 cm³/mol. The fraction of sp³-hybridized carbons (Fsp3) is 0.420. The van der Waals surface area contributed by atoms with E-state index in [-0.39, 0.29) is 47.0 Å². The number of pyridine rings is 2. The smallest absolute Gasteiger partial charge is 0.407 e. The summed E-state index contributed by atoms with van der Waals surface area (Å²) < 4.78 is 23.6. The van der Waals surface area contributed by atoms with Gasteiger partial charge in [-0.15, -0.1) is 12.4 Å². The molecule has 0 aliphatic carbocycles. The second-order valence-electron chi connectivity index (χ2n) is 19.6. The molecule has 75 heavy (non-hydrogen) atoms. The van der Waals surface area contributed by atoms with Gasteiger partial charge in [0.1, 0.15) is 38.7 Å². The number of halogens is 3. The largest absolute Gasteiger partial charge is 0.464 e. The van der Waals surface area contributed by atoms with Gasteiger partial charge in [0, 0.05) is 55.9 Å². The second-order valence-corrected chi connectivity index (χ2v) is 20.4. The maximum atomic E-state index is 14.0. The number of nitrogens with one attached hydrogen (secondary N) is 3. The molecule has 22 nitrogen and oxygen atoms in total. The first-order valence-electron chi connectivity index (χ1n) is 24.2. The number of aromatic amines is 2. The molecule has 6 aromatic heterocycles. The molecule has 8 aromatic rings. The number of hydrogen-bond acceptors (Lipinski definition) is 14. The molecule has 2 fully saturated rings. The lowest BCUT2D eigenvalue weighted by atomic mass is 10.1. The molecular formula is C50H60Cl3N14O8+. The number of ether oxygens (including phenoxy) is 3. The van der Waals surface area contributed by atoms with Gasteiger partial charge in [-0.3, -0.25) is 29.4 Å². The van der Waals surface area contributed by atoms with Crippen molar-refractivity contribution >= 4 is 110 Å². The van der Waals surface area contributed by atoms with E-state index in [9.17, 15) is 24.0 Å². The fourth-order valence-electron chi connectivity index (χ4n) is 9.95. The van der Waals surface area contributed by atoms with Crippen LogP contribution in [0.4, 0.5) is 16.7 Å². The topological polar surface area (TPSA) is 251 Å². The number of aryl methyl sites for hydroxylation is 3. The van der Waals surface area contributed by atoms with Crippen LogP contribution in [0.3, 0.4) is 0 Å². The molecule has 2 aliphatic rings. The minimum atomic E-state index is -0.609. The number of aromatic nitrogens is 10. The number of imidazole rings is 2. The maximum Gasteiger partial charge on any atom is 0.407 e. The van der Waals surface area contributed by atoms with E-state index < -0.39 is 23.6 Å². The number of fused-ring (bicyclic) bond motifs is 6. The number of methoxy groups -OCH3 is 2. The normalized spacial score (nSPS) is 16.0. The summed E-state index contributed by atoms with van der Waals surface area (Å²) in [5.74, 6) is 0.00524. The molecule has 0 bridgehead atoms. The number of amides is 1. The minimum Gasteiger partial charge on any atom is -0.464 e. The van der Waals surface area contributed by atoms with Gasteiger partial charge in [-0.25, -0.2) is 23.9 Å². The molecule has 10 rings (SSSR count). The van der Waals surface area contributed by atoms with Crippen molar-refractivity contribution in [1.82, 2.24) is 49.0 Å². The summed E-state index contributed by atoms with van der Waals surface area (Å²) >= 11 is 13.0. The molecule has 2 atom stereocenters. The number of carbonyl (C=O) groups excluding carboxylic acids is 3. The highest BCUT2D eigenvalue weighted by Crippen LogP contribution is 2.32. The zero-order valence-corrected chi connectivity index (χ0v) is 45.2. The number of nitrogens with two attached hydrogens (primary N) is 1. The molecule has 2 aromatic carbocycles. The van der Waals surface area contributed by atoms with Crippen LogP contribution in [-0.4, -0.2) is 120 Å². The highest BCUT2D eigenvalue weighted by molar-refractivity contribution is 6.31. The average molecular weight is 1090 g/mol. The predicted octanol–water partition coefficient (Wildman–Crippen LogP) is 5.47. The fourth-order valence-corrected chi connectivity index (χ4v) is 10.3. The lowest BCUT2D eigenvalue weighted by molar-refractivity contribution is -0.650. The van der Waals surface area contributed by atoms with Crippen LogP contribution in [0.5, 0.6) is 0 Å². The summed E-state index contributed by atoms with van der Waals surface area (Å²) in [5, 5.41) is 14.2. The molecule has 2 aliphatic heterocycles. The third kappa shape index (κ3) is 10.3. The zero-order chi connectivity index (χ0) is 52.9. The highest BCUT2D eigenvalue weighted by atomic mass is 35.5. The van der Waals surface area contributed by atoms with Gasteiger partial charge in [-0.05, 0) is 64.2 Å². The highest BCUT2D eigenvalue weighted by Gasteiger charge is 2.37. The van der Waals surface area contributed by atoms with E-state index in [1.54, 1.807) is 25.8 Å². The number of esters is 2. The van der Waals surface area contributed by atoms with E-state index in [2.05, 4.69) is 30.4 Å². The molecule has 2 saturated heterocycles. The average Bonchev–Trinajstić information content (AvgIpc) is 4.20. The SMILES string of the molecule is COC(=O)c1[nH]n(C)c2c3nc(N4CCC[C@@H](NC(=O)OC(C)(C)C)C4)[n+](Cc4ccccc4Cl)c3c(=O)n(C)c12.COC(=O)c1[nH]nc2c3nc(N4CCC[C@@H](N)C4)n(Cc4ccccc4Cl)c3c(=O)n(C)c12.Cl. The van der Waals surface area contributed by atoms with Gasteiger partial charge in [0.2, 0.25) is 17.0 Å². The Morgan fingerprint density at radius 1 is 0.787 bits per heavy atom. The van der Waals surface area contributed by atoms with Crippen molar-refractivity contribution in [2.45, 2.75) is 77.2 Å². The Bertz CT molecular complexity index is 3630. The Labute approximate surface area is 446 Å². The molecule has 0 unspecified atom stereocenters. The van der Waals surface area contributed by atoms with Gasteiger partial charge < -0.3 is 43.9 Å². The molecule has 398 valence electrons. The quantitative estimate of drug-likeness (QED) is 0.0795. The lowest BCUT2D eigenvalue weighted by Crippen LogP contribution is -2.52. The van der Waals surface area contributed by atoms with Crippen molar-refractivity contribution < 1.29 is 33.2 Å². The van der Waals surface area contributed by atoms with Gasteiger partial charge in [-0.1, -0.05) is 64.6 Å². The van der Waals surface area contributed by atoms with E-state index in [0.717, 1.165) is 43.4 Å². The molecule has 0 radical (unpaired) electrons. The molecule has 8 heterocycles. The van der Waals surface area contributed by atoms with E-state index in [4.69, 9.17) is 53.1 Å². The summed E-state index contributed by atoms with van der Waals surface area (Å²) in [5.41, 5.74) is 10.4. The molecule has 5 N–H and O–H groups in total. The van der Waals surface area contributed by atoms with Crippen molar-refractivity contribution in [3.05, 3.63) is 102 Å². The molecule has 0 spiro atoms. The van der Waals surface area contributed by atoms with Gasteiger partial charge in [0.25, 0.3) is 11.1 Å². The Morgan fingerprint density at radius 3 is 2.07 bits per heavy atom. The van der Waals surface area contributed by atoms with E-state index >= 15 is 0 Å². The van der Waals surface area contributed by atoms with Gasteiger partial charge >= 0.3 is 24.0 Å². The molecular weight excluding hydrogens is 1030 g/mol. The van der Waals surface area contributed by atoms with Crippen molar-refractivity contribution in [2.75, 3.05) is 50.2 Å². The number of hydrogen-bond donors (Lipinski definition) is 4. The van der Waals surface area contributed by atoms with Gasteiger partial charge in [0.15, 0.2) is 11.4 Å². The number of anilines is 2. The van der Waals surface area contributed by atoms with Crippen molar-refractivity contribution in [1.29, 1.82) is 0 Å². The van der Waals surface area contributed by atoms with E-state index in [1.165, 1.54) is 23.4 Å². The first kappa shape index (κ1) is 54.1. The van der Waals surface area contributed by atoms with Crippen LogP contribution in [0, 0.1) is 0 Å². The second kappa shape index (κ2) is 21.6. The summed E-state index contributed by atoms with van der Waals surface area (Å²) in [6, 6.07) is 14.8. The third-order valence-electron chi connectivity index (χ3n) is 13.4. The monoisotopic (exact) mass is 1090 g/mol. The maximum absolute atomic E-state index is 14.0. The number of H-pyrrole nitrogens is 2. The minimum absolute atomic E-state index is 0. The van der Waals surface area contributed by atoms with E-state index in [0.29, 0.717) is 98.8 Å². The van der Waals surface area contributed by atoms with Crippen LogP contribution >= 0.6 is 35.6 Å². The van der Waals surface area contributed by atoms with Crippen LogP contribution in [0.2, 0.25) is 10.0 Å². The first-order valence-corrected chi connectivity index (χ1v) is 24.9. The number of nitrogens with zero attached hydrogens (tertiary/aromatic N) is 10. The van der Waals surface area contributed by atoms with Crippen LogP contribution < -0.4 is 36.5 Å². The van der Waals surface area contributed by atoms with Crippen molar-refractivity contribution in [3.63, 3.8) is 0 Å². The van der Waals surface area contributed by atoms with Crippen LogP contribution in [-0.2, 0) is 48.4 Å². The number of alkyl carbamates (subject to hydrolysis) is 1. The van der Waals surface area contributed by atoms with Crippen molar-refractivity contribution in [2.24, 2.45) is 26.9 Å². The Balaban J connectivity index is 0.000000201. The summed E-state index contributed by atoms with van der Waals surface area (Å²) in [6.07, 6.45) is 2.97. The van der Waals surface area contributed by atoms with Gasteiger partial charge in [-0.2, -0.15) is 5.10 Å². The third-order valence-corrected chi connectivity index (χ3v) is 14.1. The van der Waals surface area contributed by atoms with Crippen LogP contribution in [0.15, 0.2) is 58.1 Å². The number of carbonyl (C=O) groups is 3. The van der Waals surface area contributed by atoms with Crippen LogP contribution in [0.25, 0.3) is 44.1 Å². The molecule has 0 saturated carbocycles. The van der Waals surface area contributed by atoms with Crippen molar-refractivity contribution in [3.8, 4) is 0 Å². The van der Waals surface area contributed by atoms with E-state index in [1.807, 2.05) is 78.4 Å². The Morgan fingerprint density at radius 2 is 1.41 bits per heavy atom. The van der Waals surface area contributed by atoms with Crippen LogP contribution in [0.1, 0.15) is 78.6 Å². The molecule has 1 amide bonds. The summed E-state index contributed by atoms with van der Waals surface area (Å²) in [6.45, 7) is 8.67. The Hall–Kier alpha value is -7.14. The first-order chi connectivity index (χ1) is 35.3. The van der Waals surface area contributed by atoms with Gasteiger partial charge in [0.05, 0.1) is 46.4 Å². The summed E-state index contributed by atoms with van der Waals surface area (Å²) in [7, 11) is 7.56. The molecule has 25 heteroatoms. The Kier molecular flexibility index (Phi) is 15.6. The number of benzene rings is 2. The number of piperidine rings is 2. The summed E-state index contributed by atoms with van der Waals surface area (Å²) in [4.78, 5) is 79.0. The lowest BCUT2D eigenvalue weighted by Gasteiger charge is -2.32. The standard InChI is InChI=1S/C28H34ClN7O5.C22H24ClN7O3.ClH/c1-28(2,3)41-27(39)30-17-11-9-13-35(15-17)26-31-19-22-21(20(25(38)40-6)32-34(22)5)33(4)24(37)23(19)36(26)14-16-10-7-8-12-18(16)29;1-28-18-16(26-27-17(18)21(32)33-2)15-19(20(28)31)30(10-12-6-3-4-8-14(12)23)22(25-15)29-9-5-7-13(24)11-29;/h7-8,10,12,17H,9,11,13-15H2,1-6H3,(H,30,39);3-4,6,8,13H,5,7,9-11,24H2,1-2H3,(H,26,27);1H/p+1/t17-;13-;/m11./s1.